The number of hydrogen-bond acceptors (Lipinski definition) is 3. The lowest BCUT2D eigenvalue weighted by molar-refractivity contribution is 0.470. The first-order valence-electron chi connectivity index (χ1n) is 8.00. The van der Waals surface area contributed by atoms with Crippen molar-refractivity contribution in [2.24, 2.45) is 0 Å². The fraction of sp³-hybridized carbons (Fsp3) is 0.263. The van der Waals surface area contributed by atoms with Gasteiger partial charge in [0, 0.05) is 24.3 Å². The van der Waals surface area contributed by atoms with Crippen LogP contribution < -0.4 is 0 Å². The summed E-state index contributed by atoms with van der Waals surface area (Å²) in [4.78, 5) is 2.72. The molecule has 0 atom stereocenters. The van der Waals surface area contributed by atoms with Crippen LogP contribution in [0.5, 0.6) is 0 Å². The molecule has 3 rings (SSSR count). The van der Waals surface area contributed by atoms with Crippen LogP contribution in [0.25, 0.3) is 4.91 Å². The Morgan fingerprint density at radius 3 is 2.17 bits per heavy atom. The average molecular weight is 362 g/mol. The molecule has 5 heteroatoms. The van der Waals surface area contributed by atoms with Gasteiger partial charge in [-0.1, -0.05) is 41.4 Å². The molecule has 1 aliphatic heterocycles. The van der Waals surface area contributed by atoms with Crippen LogP contribution in [0, 0.1) is 6.92 Å². The molecule has 0 aliphatic carbocycles. The second-order valence-corrected chi connectivity index (χ2v) is 8.41. The number of hydrogen-bond donors (Lipinski definition) is 0. The van der Waals surface area contributed by atoms with Crippen molar-refractivity contribution in [2.75, 3.05) is 13.1 Å². The molecule has 0 amide bonds. The molecule has 0 aromatic heterocycles. The van der Waals surface area contributed by atoms with Crippen LogP contribution in [0.2, 0.25) is 5.02 Å². The minimum Gasteiger partial charge on any atom is -0.376 e. The van der Waals surface area contributed by atoms with E-state index in [4.69, 9.17) is 11.6 Å². The molecular weight excluding hydrogens is 342 g/mol. The van der Waals surface area contributed by atoms with Gasteiger partial charge in [-0.25, -0.2) is 8.42 Å². The predicted molar refractivity (Wildman–Crippen MR) is 98.6 cm³/mol. The lowest BCUT2D eigenvalue weighted by Gasteiger charge is -2.16. The summed E-state index contributed by atoms with van der Waals surface area (Å²) in [6.07, 6.45) is 3.97. The molecular formula is C19H20ClNO2S. The summed E-state index contributed by atoms with van der Waals surface area (Å²) < 4.78 is 26.4. The molecule has 126 valence electrons. The standard InChI is InChI=1S/C19H20ClNO2S/c1-15-4-10-18(11-5-15)24(22,23)19(14-21-12-2-3-13-21)16-6-8-17(20)9-7-16/h4-11,14H,2-3,12-13H2,1H3. The second-order valence-electron chi connectivity index (χ2n) is 6.06. The number of halogens is 1. The van der Waals surface area contributed by atoms with E-state index in [1.54, 1.807) is 42.6 Å². The molecule has 0 N–H and O–H groups in total. The van der Waals surface area contributed by atoms with Crippen molar-refractivity contribution >= 4 is 26.3 Å². The lowest BCUT2D eigenvalue weighted by Crippen LogP contribution is -2.15. The van der Waals surface area contributed by atoms with Crippen molar-refractivity contribution in [3.8, 4) is 0 Å². The van der Waals surface area contributed by atoms with E-state index in [0.29, 0.717) is 20.4 Å². The maximum absolute atomic E-state index is 13.2. The highest BCUT2D eigenvalue weighted by Gasteiger charge is 2.24. The first-order valence-corrected chi connectivity index (χ1v) is 9.86. The summed E-state index contributed by atoms with van der Waals surface area (Å²) in [5, 5.41) is 0.590. The molecule has 0 bridgehead atoms. The van der Waals surface area contributed by atoms with Gasteiger partial charge < -0.3 is 4.90 Å². The lowest BCUT2D eigenvalue weighted by atomic mass is 10.2. The van der Waals surface area contributed by atoms with Crippen LogP contribution in [-0.4, -0.2) is 26.4 Å². The van der Waals surface area contributed by atoms with E-state index < -0.39 is 9.84 Å². The van der Waals surface area contributed by atoms with Gasteiger partial charge in [0.2, 0.25) is 9.84 Å². The molecule has 2 aromatic rings. The summed E-state index contributed by atoms with van der Waals surface area (Å²) in [7, 11) is -3.59. The fourth-order valence-electron chi connectivity index (χ4n) is 2.79. The van der Waals surface area contributed by atoms with Gasteiger partial charge in [0.05, 0.1) is 9.80 Å². The normalized spacial score (nSPS) is 15.8. The molecule has 0 spiro atoms. The van der Waals surface area contributed by atoms with Crippen LogP contribution >= 0.6 is 11.6 Å². The van der Waals surface area contributed by atoms with E-state index in [9.17, 15) is 8.42 Å². The molecule has 1 saturated heterocycles. The third kappa shape index (κ3) is 3.65. The number of aryl methyl sites for hydroxylation is 1. The maximum atomic E-state index is 13.2. The number of likely N-dealkylation sites (tertiary alicyclic amines) is 1. The smallest absolute Gasteiger partial charge is 0.208 e. The highest BCUT2D eigenvalue weighted by Crippen LogP contribution is 2.30. The van der Waals surface area contributed by atoms with Gasteiger partial charge in [0.25, 0.3) is 0 Å². The van der Waals surface area contributed by atoms with Gasteiger partial charge in [-0.2, -0.15) is 0 Å². The van der Waals surface area contributed by atoms with E-state index in [-0.39, 0.29) is 0 Å². The van der Waals surface area contributed by atoms with Crippen molar-refractivity contribution < 1.29 is 8.42 Å². The van der Waals surface area contributed by atoms with Gasteiger partial charge in [0.1, 0.15) is 0 Å². The summed E-state index contributed by atoms with van der Waals surface area (Å²) >= 11 is 5.96. The Hall–Kier alpha value is -1.78. The Bertz CT molecular complexity index is 834. The van der Waals surface area contributed by atoms with E-state index in [1.165, 1.54) is 0 Å². The van der Waals surface area contributed by atoms with Crippen LogP contribution in [0.15, 0.2) is 59.6 Å². The maximum Gasteiger partial charge on any atom is 0.208 e. The largest absolute Gasteiger partial charge is 0.376 e. The van der Waals surface area contributed by atoms with Crippen molar-refractivity contribution in [1.29, 1.82) is 0 Å². The first-order chi connectivity index (χ1) is 11.5. The Morgan fingerprint density at radius 1 is 1.00 bits per heavy atom. The molecule has 1 heterocycles. The van der Waals surface area contributed by atoms with Crippen LogP contribution in [0.1, 0.15) is 24.0 Å². The van der Waals surface area contributed by atoms with E-state index >= 15 is 0 Å². The zero-order chi connectivity index (χ0) is 17.2. The third-order valence-corrected chi connectivity index (χ3v) is 6.25. The van der Waals surface area contributed by atoms with Crippen LogP contribution in [0.4, 0.5) is 0 Å². The van der Waals surface area contributed by atoms with E-state index in [2.05, 4.69) is 4.90 Å². The van der Waals surface area contributed by atoms with Gasteiger partial charge >= 0.3 is 0 Å². The Kier molecular flexibility index (Phi) is 4.97. The molecule has 2 aromatic carbocycles. The van der Waals surface area contributed by atoms with Crippen LogP contribution in [-0.2, 0) is 9.84 Å². The Labute approximate surface area is 148 Å². The fourth-order valence-corrected chi connectivity index (χ4v) is 4.40. The van der Waals surface area contributed by atoms with E-state index in [1.807, 2.05) is 19.1 Å². The molecule has 24 heavy (non-hydrogen) atoms. The second kappa shape index (κ2) is 6.99. The average Bonchev–Trinajstić information content (AvgIpc) is 3.07. The molecule has 0 radical (unpaired) electrons. The van der Waals surface area contributed by atoms with Crippen molar-refractivity contribution in [3.63, 3.8) is 0 Å². The number of sulfone groups is 1. The van der Waals surface area contributed by atoms with Crippen molar-refractivity contribution in [1.82, 2.24) is 4.90 Å². The zero-order valence-corrected chi connectivity index (χ0v) is 15.1. The van der Waals surface area contributed by atoms with Crippen molar-refractivity contribution in [2.45, 2.75) is 24.7 Å². The Morgan fingerprint density at radius 2 is 1.58 bits per heavy atom. The topological polar surface area (TPSA) is 37.4 Å². The molecule has 1 fully saturated rings. The van der Waals surface area contributed by atoms with Crippen LogP contribution in [0.3, 0.4) is 0 Å². The monoisotopic (exact) mass is 361 g/mol. The van der Waals surface area contributed by atoms with Gasteiger partial charge in [-0.3, -0.25) is 0 Å². The number of nitrogens with zero attached hydrogens (tertiary/aromatic N) is 1. The number of rotatable bonds is 4. The summed E-state index contributed by atoms with van der Waals surface area (Å²) in [6.45, 7) is 3.72. The molecule has 3 nitrogen and oxygen atoms in total. The summed E-state index contributed by atoms with van der Waals surface area (Å²) in [6, 6.07) is 13.9. The number of benzene rings is 2. The van der Waals surface area contributed by atoms with Gasteiger partial charge in [-0.15, -0.1) is 0 Å². The molecule has 1 aliphatic rings. The minimum atomic E-state index is -3.59. The first kappa shape index (κ1) is 17.1. The van der Waals surface area contributed by atoms with Gasteiger partial charge in [0.15, 0.2) is 0 Å². The van der Waals surface area contributed by atoms with E-state index in [0.717, 1.165) is 31.5 Å². The van der Waals surface area contributed by atoms with Gasteiger partial charge in [-0.05, 0) is 49.6 Å². The predicted octanol–water partition coefficient (Wildman–Crippen LogP) is 4.52. The highest BCUT2D eigenvalue weighted by atomic mass is 35.5. The zero-order valence-electron chi connectivity index (χ0n) is 13.6. The minimum absolute atomic E-state index is 0.313. The molecule has 0 unspecified atom stereocenters. The highest BCUT2D eigenvalue weighted by molar-refractivity contribution is 8.00. The SMILES string of the molecule is Cc1ccc(S(=O)(=O)C(=CN2CCCC2)c2ccc(Cl)cc2)cc1. The summed E-state index contributed by atoms with van der Waals surface area (Å²) in [5.41, 5.74) is 1.69. The quantitative estimate of drug-likeness (QED) is 0.803. The molecule has 0 saturated carbocycles. The van der Waals surface area contributed by atoms with Crippen molar-refractivity contribution in [3.05, 3.63) is 70.9 Å². The Balaban J connectivity index is 2.09. The third-order valence-electron chi connectivity index (χ3n) is 4.19. The summed E-state index contributed by atoms with van der Waals surface area (Å²) in [5.74, 6) is 0.